The summed E-state index contributed by atoms with van der Waals surface area (Å²) in [6.07, 6.45) is 3.20. The fraction of sp³-hybridized carbons (Fsp3) is 0.500. The monoisotopic (exact) mass is 269 g/mol. The van der Waals surface area contributed by atoms with Crippen LogP contribution in [0.3, 0.4) is 0 Å². The molecule has 1 aromatic rings. The van der Waals surface area contributed by atoms with Crippen LogP contribution in [0.5, 0.6) is 0 Å². The average Bonchev–Trinajstić information content (AvgIpc) is 2.33. The smallest absolute Gasteiger partial charge is 0.373 e. The Balaban J connectivity index is 2.37. The maximum Gasteiger partial charge on any atom is 0.373 e. The molecule has 0 heterocycles. The van der Waals surface area contributed by atoms with Crippen LogP contribution in [-0.4, -0.2) is 35.9 Å². The number of hydrogen-bond donors (Lipinski definition) is 2. The number of nitrogens with one attached hydrogen (secondary N) is 1. The Hall–Kier alpha value is -0.0951. The molecule has 0 aliphatic heterocycles. The van der Waals surface area contributed by atoms with Crippen LogP contribution in [0.2, 0.25) is 6.82 Å². The van der Waals surface area contributed by atoms with Gasteiger partial charge in [-0.1, -0.05) is 18.2 Å². The van der Waals surface area contributed by atoms with Crippen LogP contribution in [0.15, 0.2) is 35.2 Å². The van der Waals surface area contributed by atoms with Gasteiger partial charge in [-0.15, -0.1) is 11.8 Å². The number of rotatable bonds is 8. The Morgan fingerprint density at radius 3 is 2.65 bits per heavy atom. The lowest BCUT2D eigenvalue weighted by Crippen LogP contribution is -2.41. The molecular weight excluding hydrogens is 249 g/mol. The van der Waals surface area contributed by atoms with E-state index in [1.54, 1.807) is 6.82 Å². The van der Waals surface area contributed by atoms with Gasteiger partial charge in [-0.2, -0.15) is 11.8 Å². The first-order valence-electron chi connectivity index (χ1n) is 5.83. The lowest BCUT2D eigenvalue weighted by molar-refractivity contribution is 0.526. The van der Waals surface area contributed by atoms with Crippen LogP contribution in [0.25, 0.3) is 0 Å². The zero-order chi connectivity index (χ0) is 12.5. The second kappa shape index (κ2) is 8.92. The van der Waals surface area contributed by atoms with E-state index in [9.17, 15) is 5.02 Å². The molecule has 0 unspecified atom stereocenters. The van der Waals surface area contributed by atoms with Crippen molar-refractivity contribution in [1.29, 1.82) is 0 Å². The van der Waals surface area contributed by atoms with Crippen LogP contribution in [0, 0.1) is 0 Å². The van der Waals surface area contributed by atoms with E-state index in [2.05, 4.69) is 35.7 Å². The zero-order valence-electron chi connectivity index (χ0n) is 10.4. The van der Waals surface area contributed by atoms with Crippen molar-refractivity contribution in [2.45, 2.75) is 24.2 Å². The summed E-state index contributed by atoms with van der Waals surface area (Å²) in [4.78, 5) is 1.29. The van der Waals surface area contributed by atoms with E-state index in [1.807, 2.05) is 29.6 Å². The minimum atomic E-state index is -0.432. The normalized spacial score (nSPS) is 12.4. The Bertz CT molecular complexity index is 298. The molecule has 1 atom stereocenters. The Morgan fingerprint density at radius 1 is 1.35 bits per heavy atom. The van der Waals surface area contributed by atoms with E-state index in [0.29, 0.717) is 6.04 Å². The third-order valence-corrected chi connectivity index (χ3v) is 4.16. The van der Waals surface area contributed by atoms with E-state index in [0.717, 1.165) is 17.9 Å². The van der Waals surface area contributed by atoms with Gasteiger partial charge in [0.15, 0.2) is 0 Å². The van der Waals surface area contributed by atoms with Gasteiger partial charge in [0.05, 0.1) is 0 Å². The van der Waals surface area contributed by atoms with Crippen LogP contribution < -0.4 is 5.23 Å². The summed E-state index contributed by atoms with van der Waals surface area (Å²) in [6, 6.07) is 10.8. The summed E-state index contributed by atoms with van der Waals surface area (Å²) < 4.78 is 0. The summed E-state index contributed by atoms with van der Waals surface area (Å²) >= 11 is 3.69. The summed E-state index contributed by atoms with van der Waals surface area (Å²) in [6.45, 7) is 1.78. The Labute approximate surface area is 113 Å². The van der Waals surface area contributed by atoms with Crippen molar-refractivity contribution in [3.8, 4) is 0 Å². The first kappa shape index (κ1) is 15.0. The molecule has 5 heteroatoms. The third-order valence-electron chi connectivity index (χ3n) is 2.34. The molecule has 0 radical (unpaired) electrons. The van der Waals surface area contributed by atoms with Gasteiger partial charge in [-0.05, 0) is 37.4 Å². The van der Waals surface area contributed by atoms with Gasteiger partial charge in [0.2, 0.25) is 0 Å². The van der Waals surface area contributed by atoms with Crippen LogP contribution in [-0.2, 0) is 0 Å². The summed E-state index contributed by atoms with van der Waals surface area (Å²) in [7, 11) is -0.432. The lowest BCUT2D eigenvalue weighted by Gasteiger charge is -2.18. The molecule has 17 heavy (non-hydrogen) atoms. The quantitative estimate of drug-likeness (QED) is 0.561. The topological polar surface area (TPSA) is 32.3 Å². The molecule has 0 aliphatic rings. The van der Waals surface area contributed by atoms with Gasteiger partial charge in [0.1, 0.15) is 0 Å². The second-order valence-corrected chi connectivity index (χ2v) is 6.02. The van der Waals surface area contributed by atoms with Gasteiger partial charge in [-0.3, -0.25) is 0 Å². The van der Waals surface area contributed by atoms with Crippen LogP contribution in [0.1, 0.15) is 6.42 Å². The van der Waals surface area contributed by atoms with E-state index < -0.39 is 7.05 Å². The van der Waals surface area contributed by atoms with Gasteiger partial charge in [-0.25, -0.2) is 0 Å². The molecule has 2 nitrogen and oxygen atoms in total. The third kappa shape index (κ3) is 7.04. The zero-order valence-corrected chi connectivity index (χ0v) is 12.1. The number of thioether (sulfide) groups is 2. The molecule has 0 amide bonds. The molecular formula is C12H20BNOS2. The largest absolute Gasteiger partial charge is 0.437 e. The van der Waals surface area contributed by atoms with Crippen molar-refractivity contribution in [2.24, 2.45) is 0 Å². The van der Waals surface area contributed by atoms with E-state index >= 15 is 0 Å². The van der Waals surface area contributed by atoms with Crippen LogP contribution >= 0.6 is 23.5 Å². The molecule has 1 aromatic carbocycles. The van der Waals surface area contributed by atoms with Crippen molar-refractivity contribution >= 4 is 30.6 Å². The van der Waals surface area contributed by atoms with Gasteiger partial charge >= 0.3 is 7.05 Å². The van der Waals surface area contributed by atoms with Crippen molar-refractivity contribution in [2.75, 3.05) is 17.8 Å². The summed E-state index contributed by atoms with van der Waals surface area (Å²) in [5.74, 6) is 2.12. The second-order valence-electron chi connectivity index (χ2n) is 3.95. The lowest BCUT2D eigenvalue weighted by atomic mass is 9.87. The molecule has 0 aliphatic carbocycles. The van der Waals surface area contributed by atoms with Crippen LogP contribution in [0.4, 0.5) is 0 Å². The maximum atomic E-state index is 9.39. The molecule has 2 N–H and O–H groups in total. The standard InChI is InChI=1S/C12H20BNOS2/c1-13(15)14-11(8-9-16-2)10-17-12-6-4-3-5-7-12/h3-7,11,14-15H,8-10H2,1-2H3/t11-/m0/s1. The Kier molecular flexibility index (Phi) is 7.85. The average molecular weight is 269 g/mol. The van der Waals surface area contributed by atoms with Crippen molar-refractivity contribution in [3.05, 3.63) is 30.3 Å². The predicted molar refractivity (Wildman–Crippen MR) is 80.9 cm³/mol. The van der Waals surface area contributed by atoms with Crippen molar-refractivity contribution in [3.63, 3.8) is 0 Å². The number of benzene rings is 1. The molecule has 0 spiro atoms. The Morgan fingerprint density at radius 2 is 2.06 bits per heavy atom. The predicted octanol–water partition coefficient (Wildman–Crippen LogP) is 2.60. The maximum absolute atomic E-state index is 9.39. The van der Waals surface area contributed by atoms with Crippen molar-refractivity contribution in [1.82, 2.24) is 5.23 Å². The first-order chi connectivity index (χ1) is 8.22. The fourth-order valence-corrected chi connectivity index (χ4v) is 3.06. The SMILES string of the molecule is CSCC[C@@H](CSc1ccccc1)NB(C)O. The first-order valence-corrected chi connectivity index (χ1v) is 8.21. The van der Waals surface area contributed by atoms with Crippen molar-refractivity contribution < 1.29 is 5.02 Å². The molecule has 94 valence electrons. The molecule has 0 aromatic heterocycles. The minimum Gasteiger partial charge on any atom is -0.437 e. The molecule has 1 rings (SSSR count). The van der Waals surface area contributed by atoms with E-state index in [-0.39, 0.29) is 0 Å². The molecule has 0 saturated carbocycles. The summed E-state index contributed by atoms with van der Waals surface area (Å²) in [5, 5.41) is 12.6. The van der Waals surface area contributed by atoms with E-state index in [4.69, 9.17) is 0 Å². The highest BCUT2D eigenvalue weighted by atomic mass is 32.2. The highest BCUT2D eigenvalue weighted by molar-refractivity contribution is 7.99. The molecule has 0 bridgehead atoms. The molecule has 0 fully saturated rings. The fourth-order valence-electron chi connectivity index (χ4n) is 1.53. The highest BCUT2D eigenvalue weighted by Gasteiger charge is 2.13. The van der Waals surface area contributed by atoms with Gasteiger partial charge in [0.25, 0.3) is 0 Å². The molecule has 0 saturated heterocycles. The minimum absolute atomic E-state index is 0.368. The van der Waals surface area contributed by atoms with Gasteiger partial charge < -0.3 is 10.3 Å². The highest BCUT2D eigenvalue weighted by Crippen LogP contribution is 2.19. The summed E-state index contributed by atoms with van der Waals surface area (Å²) in [5.41, 5.74) is 0. The van der Waals surface area contributed by atoms with E-state index in [1.165, 1.54) is 4.90 Å². The van der Waals surface area contributed by atoms with Gasteiger partial charge in [0, 0.05) is 16.7 Å². The number of hydrogen-bond acceptors (Lipinski definition) is 4.